The number of nitrogens with one attached hydrogen (secondary N) is 4. The zero-order valence-corrected chi connectivity index (χ0v) is 29.0. The molecule has 1 aliphatic rings. The molecule has 50 heavy (non-hydrogen) atoms. The summed E-state index contributed by atoms with van der Waals surface area (Å²) in [6.45, 7) is 9.88. The average Bonchev–Trinajstić information content (AvgIpc) is 3.53. The van der Waals surface area contributed by atoms with Crippen LogP contribution in [0.15, 0.2) is 64.7 Å². The molecule has 0 bridgehead atoms. The highest BCUT2D eigenvalue weighted by Crippen LogP contribution is 2.21. The number of nitrogens with zero attached hydrogens (tertiary/aromatic N) is 2. The van der Waals surface area contributed by atoms with Gasteiger partial charge >= 0.3 is 0 Å². The molecule has 2 heterocycles. The van der Waals surface area contributed by atoms with Gasteiger partial charge in [0, 0.05) is 31.4 Å². The molecule has 4 amide bonds. The Morgan fingerprint density at radius 1 is 1.02 bits per heavy atom. The van der Waals surface area contributed by atoms with E-state index >= 15 is 0 Å². The van der Waals surface area contributed by atoms with E-state index in [0.717, 1.165) is 11.1 Å². The molecule has 0 aliphatic carbocycles. The van der Waals surface area contributed by atoms with Crippen molar-refractivity contribution in [1.82, 2.24) is 26.4 Å². The molecule has 4 rings (SSSR count). The van der Waals surface area contributed by atoms with Crippen molar-refractivity contribution in [3.63, 3.8) is 0 Å². The number of benzene rings is 2. The Kier molecular flexibility index (Phi) is 12.9. The highest BCUT2D eigenvalue weighted by molar-refractivity contribution is 6.02. The fourth-order valence-corrected chi connectivity index (χ4v) is 5.19. The SMILES string of the molecule is Cc1ccc(CNC(=O)[C@H](COc2cccc(/C=C(\C#N)C(=O)NC(C)(C)C)c2)NC(=O)[C@@H](NC(=O)c2cc(C)on2)C2CCOCC2)cc1. The van der Waals surface area contributed by atoms with E-state index in [1.54, 1.807) is 31.2 Å². The molecule has 1 aromatic heterocycles. The van der Waals surface area contributed by atoms with Crippen molar-refractivity contribution in [3.05, 3.63) is 88.3 Å². The van der Waals surface area contributed by atoms with Crippen LogP contribution in [-0.4, -0.2) is 66.2 Å². The van der Waals surface area contributed by atoms with Crippen molar-refractivity contribution in [1.29, 1.82) is 5.26 Å². The van der Waals surface area contributed by atoms with Gasteiger partial charge in [-0.15, -0.1) is 0 Å². The molecule has 2 aromatic carbocycles. The second-order valence-electron chi connectivity index (χ2n) is 13.2. The van der Waals surface area contributed by atoms with E-state index in [0.29, 0.717) is 43.1 Å². The Labute approximate surface area is 291 Å². The van der Waals surface area contributed by atoms with Crippen molar-refractivity contribution in [2.45, 2.75) is 71.6 Å². The van der Waals surface area contributed by atoms with Gasteiger partial charge in [0.15, 0.2) is 5.69 Å². The third-order valence-electron chi connectivity index (χ3n) is 7.83. The summed E-state index contributed by atoms with van der Waals surface area (Å²) in [5, 5.41) is 24.6. The first-order valence-corrected chi connectivity index (χ1v) is 16.4. The van der Waals surface area contributed by atoms with Crippen LogP contribution >= 0.6 is 0 Å². The first kappa shape index (κ1) is 37.3. The predicted octanol–water partition coefficient (Wildman–Crippen LogP) is 3.52. The highest BCUT2D eigenvalue weighted by Gasteiger charge is 2.34. The number of rotatable bonds is 13. The number of aryl methyl sites for hydroxylation is 2. The molecule has 0 radical (unpaired) electrons. The van der Waals surface area contributed by atoms with Crippen LogP contribution in [-0.2, 0) is 25.7 Å². The molecule has 2 atom stereocenters. The third kappa shape index (κ3) is 11.3. The number of carbonyl (C=O) groups excluding carboxylic acids is 4. The topological polar surface area (TPSA) is 185 Å². The van der Waals surface area contributed by atoms with E-state index in [1.165, 1.54) is 12.1 Å². The fourth-order valence-electron chi connectivity index (χ4n) is 5.19. The van der Waals surface area contributed by atoms with Gasteiger partial charge < -0.3 is 35.3 Å². The monoisotopic (exact) mass is 684 g/mol. The lowest BCUT2D eigenvalue weighted by atomic mass is 9.90. The van der Waals surface area contributed by atoms with Crippen molar-refractivity contribution in [2.24, 2.45) is 5.92 Å². The van der Waals surface area contributed by atoms with Crippen LogP contribution in [0, 0.1) is 31.1 Å². The highest BCUT2D eigenvalue weighted by atomic mass is 16.5. The fraction of sp³-hybridized carbons (Fsp3) is 0.405. The van der Waals surface area contributed by atoms with Crippen LogP contribution in [0.25, 0.3) is 6.08 Å². The van der Waals surface area contributed by atoms with Crippen molar-refractivity contribution < 1.29 is 33.2 Å². The lowest BCUT2D eigenvalue weighted by Crippen LogP contribution is -2.58. The Balaban J connectivity index is 1.54. The molecule has 4 N–H and O–H groups in total. The number of hydrogen-bond donors (Lipinski definition) is 4. The number of nitriles is 1. The van der Waals surface area contributed by atoms with E-state index < -0.39 is 41.3 Å². The van der Waals surface area contributed by atoms with Gasteiger partial charge in [0.2, 0.25) is 11.8 Å². The van der Waals surface area contributed by atoms with Gasteiger partial charge in [-0.05, 0) is 82.7 Å². The minimum absolute atomic E-state index is 0.0347. The molecule has 1 aliphatic heterocycles. The Hall–Kier alpha value is -5.48. The lowest BCUT2D eigenvalue weighted by Gasteiger charge is -2.31. The maximum absolute atomic E-state index is 13.9. The maximum atomic E-state index is 13.9. The Bertz CT molecular complexity index is 1730. The van der Waals surface area contributed by atoms with Gasteiger partial charge in [-0.1, -0.05) is 47.1 Å². The summed E-state index contributed by atoms with van der Waals surface area (Å²) in [5.41, 5.74) is 1.90. The van der Waals surface area contributed by atoms with Crippen molar-refractivity contribution in [2.75, 3.05) is 19.8 Å². The lowest BCUT2D eigenvalue weighted by molar-refractivity contribution is -0.132. The minimum Gasteiger partial charge on any atom is -0.491 e. The van der Waals surface area contributed by atoms with Gasteiger partial charge in [-0.3, -0.25) is 19.2 Å². The predicted molar refractivity (Wildman–Crippen MR) is 184 cm³/mol. The summed E-state index contributed by atoms with van der Waals surface area (Å²) in [6, 6.07) is 15.6. The van der Waals surface area contributed by atoms with Gasteiger partial charge in [-0.25, -0.2) is 0 Å². The largest absolute Gasteiger partial charge is 0.491 e. The maximum Gasteiger partial charge on any atom is 0.274 e. The number of carbonyl (C=O) groups is 4. The normalized spacial score (nSPS) is 14.8. The molecule has 1 fully saturated rings. The summed E-state index contributed by atoms with van der Waals surface area (Å²) < 4.78 is 16.5. The third-order valence-corrected chi connectivity index (χ3v) is 7.83. The number of amides is 4. The second kappa shape index (κ2) is 17.3. The van der Waals surface area contributed by atoms with Crippen LogP contribution in [0.4, 0.5) is 0 Å². The number of ether oxygens (including phenoxy) is 2. The second-order valence-corrected chi connectivity index (χ2v) is 13.2. The Morgan fingerprint density at radius 3 is 2.38 bits per heavy atom. The van der Waals surface area contributed by atoms with Crippen LogP contribution in [0.3, 0.4) is 0 Å². The van der Waals surface area contributed by atoms with E-state index in [1.807, 2.05) is 58.0 Å². The van der Waals surface area contributed by atoms with Crippen molar-refractivity contribution in [3.8, 4) is 11.8 Å². The van der Waals surface area contributed by atoms with E-state index in [-0.39, 0.29) is 30.3 Å². The standard InChI is InChI=1S/C37H44N6O7/c1-23-9-11-25(12-10-23)21-39-34(45)31(22-49-29-8-6-7-26(19-29)18-28(20-38)33(44)42-37(3,4)5)40-36(47)32(27-13-15-48-16-14-27)41-35(46)30-17-24(2)50-43-30/h6-12,17-19,27,31-32H,13-16,21-22H2,1-5H3,(H,39,45)(H,40,47)(H,41,46)(H,42,44)/b28-18+/t31-,32-/m0/s1. The van der Waals surface area contributed by atoms with E-state index in [2.05, 4.69) is 26.4 Å². The molecule has 3 aromatic rings. The number of aromatic nitrogens is 1. The van der Waals surface area contributed by atoms with Gasteiger partial charge in [-0.2, -0.15) is 5.26 Å². The molecule has 0 saturated carbocycles. The van der Waals surface area contributed by atoms with Gasteiger partial charge in [0.25, 0.3) is 11.8 Å². The van der Waals surface area contributed by atoms with Crippen LogP contribution < -0.4 is 26.0 Å². The molecule has 0 unspecified atom stereocenters. The van der Waals surface area contributed by atoms with Crippen LogP contribution in [0.5, 0.6) is 5.75 Å². The van der Waals surface area contributed by atoms with E-state index in [4.69, 9.17) is 14.0 Å². The quantitative estimate of drug-likeness (QED) is 0.155. The summed E-state index contributed by atoms with van der Waals surface area (Å²) >= 11 is 0. The Morgan fingerprint density at radius 2 is 1.74 bits per heavy atom. The summed E-state index contributed by atoms with van der Waals surface area (Å²) in [4.78, 5) is 53.2. The van der Waals surface area contributed by atoms with Gasteiger partial charge in [0.1, 0.15) is 41.8 Å². The van der Waals surface area contributed by atoms with Crippen LogP contribution in [0.2, 0.25) is 0 Å². The van der Waals surface area contributed by atoms with Crippen molar-refractivity contribution >= 4 is 29.7 Å². The van der Waals surface area contributed by atoms with Crippen LogP contribution in [0.1, 0.15) is 66.6 Å². The summed E-state index contributed by atoms with van der Waals surface area (Å²) in [7, 11) is 0. The summed E-state index contributed by atoms with van der Waals surface area (Å²) in [5.74, 6) is -1.62. The molecule has 13 heteroatoms. The van der Waals surface area contributed by atoms with Gasteiger partial charge in [0.05, 0.1) is 0 Å². The van der Waals surface area contributed by atoms with E-state index in [9.17, 15) is 24.4 Å². The first-order valence-electron chi connectivity index (χ1n) is 16.4. The molecular weight excluding hydrogens is 640 g/mol. The average molecular weight is 685 g/mol. The molecule has 1 saturated heterocycles. The molecule has 0 spiro atoms. The zero-order valence-electron chi connectivity index (χ0n) is 29.0. The number of hydrogen-bond acceptors (Lipinski definition) is 9. The summed E-state index contributed by atoms with van der Waals surface area (Å²) in [6.07, 6.45) is 2.49. The zero-order chi connectivity index (χ0) is 36.3. The molecule has 13 nitrogen and oxygen atoms in total. The minimum atomic E-state index is -1.16. The molecular formula is C37H44N6O7. The smallest absolute Gasteiger partial charge is 0.274 e. The molecule has 264 valence electrons. The first-order chi connectivity index (χ1) is 23.8.